The zero-order chi connectivity index (χ0) is 11.0. The molecule has 0 bridgehead atoms. The number of rotatable bonds is 2. The standard InChI is InChI=1S/C4H4O4.C3H3NOS/c5-3(6)1-2-4(7)8;5-3-1-2-6-4-3/h1-2H,(H,5,6)(H,7,8);1-2H,(H,4,5)/b2-1-;. The minimum atomic E-state index is -1.26. The molecule has 0 fully saturated rings. The number of nitrogens with one attached hydrogen (secondary N) is 1. The summed E-state index contributed by atoms with van der Waals surface area (Å²) in [5, 5.41) is 17.3. The van der Waals surface area contributed by atoms with Crippen LogP contribution in [0.3, 0.4) is 0 Å². The van der Waals surface area contributed by atoms with Gasteiger partial charge in [-0.15, -0.1) is 0 Å². The number of carboxylic acids is 2. The highest BCUT2D eigenvalue weighted by Crippen LogP contribution is 1.77. The topological polar surface area (TPSA) is 107 Å². The van der Waals surface area contributed by atoms with Crippen LogP contribution < -0.4 is 5.56 Å². The highest BCUT2D eigenvalue weighted by atomic mass is 32.1. The van der Waals surface area contributed by atoms with E-state index in [-0.39, 0.29) is 5.56 Å². The number of hydrogen-bond donors (Lipinski definition) is 3. The van der Waals surface area contributed by atoms with Crippen LogP contribution in [-0.2, 0) is 9.59 Å². The summed E-state index contributed by atoms with van der Waals surface area (Å²) in [6, 6.07) is 1.49. The largest absolute Gasteiger partial charge is 0.478 e. The number of carboxylic acid groups (broad SMARTS) is 2. The lowest BCUT2D eigenvalue weighted by Gasteiger charge is -1.74. The fourth-order valence-corrected chi connectivity index (χ4v) is 0.808. The Morgan fingerprint density at radius 2 is 1.79 bits per heavy atom. The molecule has 6 nitrogen and oxygen atoms in total. The zero-order valence-corrected chi connectivity index (χ0v) is 7.65. The van der Waals surface area contributed by atoms with Crippen LogP contribution in [0.5, 0.6) is 0 Å². The van der Waals surface area contributed by atoms with Crippen LogP contribution in [0.25, 0.3) is 0 Å². The van der Waals surface area contributed by atoms with Gasteiger partial charge >= 0.3 is 11.9 Å². The Morgan fingerprint density at radius 3 is 1.93 bits per heavy atom. The smallest absolute Gasteiger partial charge is 0.328 e. The summed E-state index contributed by atoms with van der Waals surface area (Å²) in [4.78, 5) is 29.1. The van der Waals surface area contributed by atoms with Crippen molar-refractivity contribution in [3.63, 3.8) is 0 Å². The van der Waals surface area contributed by atoms with Gasteiger partial charge in [0.25, 0.3) is 5.56 Å². The van der Waals surface area contributed by atoms with Crippen LogP contribution in [0.4, 0.5) is 0 Å². The molecule has 76 valence electrons. The lowest BCUT2D eigenvalue weighted by Crippen LogP contribution is -1.91. The molecule has 0 unspecified atom stereocenters. The average Bonchev–Trinajstić information content (AvgIpc) is 2.53. The maximum atomic E-state index is 10.0. The molecule has 7 heteroatoms. The van der Waals surface area contributed by atoms with E-state index in [9.17, 15) is 14.4 Å². The van der Waals surface area contributed by atoms with Gasteiger partial charge in [0.2, 0.25) is 0 Å². The summed E-state index contributed by atoms with van der Waals surface area (Å²) >= 11 is 1.30. The minimum Gasteiger partial charge on any atom is -0.478 e. The van der Waals surface area contributed by atoms with Gasteiger partial charge in [-0.25, -0.2) is 9.59 Å². The molecule has 3 N–H and O–H groups in total. The Labute approximate surface area is 82.3 Å². The van der Waals surface area contributed by atoms with Crippen molar-refractivity contribution in [3.05, 3.63) is 34.0 Å². The van der Waals surface area contributed by atoms with E-state index in [0.717, 1.165) is 0 Å². The van der Waals surface area contributed by atoms with Crippen molar-refractivity contribution in [3.8, 4) is 0 Å². The van der Waals surface area contributed by atoms with E-state index in [0.29, 0.717) is 12.2 Å². The fraction of sp³-hybridized carbons (Fsp3) is 0. The maximum Gasteiger partial charge on any atom is 0.328 e. The second-order valence-corrected chi connectivity index (χ2v) is 2.61. The van der Waals surface area contributed by atoms with E-state index >= 15 is 0 Å². The first-order valence-electron chi connectivity index (χ1n) is 3.28. The molecule has 0 aliphatic carbocycles. The summed E-state index contributed by atoms with van der Waals surface area (Å²) < 4.78 is 2.49. The summed E-state index contributed by atoms with van der Waals surface area (Å²) in [5.74, 6) is -2.51. The van der Waals surface area contributed by atoms with Crippen LogP contribution in [0.1, 0.15) is 0 Å². The lowest BCUT2D eigenvalue weighted by atomic mass is 10.5. The zero-order valence-electron chi connectivity index (χ0n) is 6.84. The molecule has 0 amide bonds. The molecule has 1 rings (SSSR count). The van der Waals surface area contributed by atoms with Gasteiger partial charge < -0.3 is 10.2 Å². The normalized spacial score (nSPS) is 9.14. The predicted octanol–water partition coefficient (Wildman–Crippen LogP) is 0.148. The number of H-pyrrole nitrogens is 1. The van der Waals surface area contributed by atoms with E-state index in [1.54, 1.807) is 5.38 Å². The van der Waals surface area contributed by atoms with E-state index < -0.39 is 11.9 Å². The highest BCUT2D eigenvalue weighted by Gasteiger charge is 1.88. The Morgan fingerprint density at radius 1 is 1.29 bits per heavy atom. The van der Waals surface area contributed by atoms with E-state index in [4.69, 9.17) is 10.2 Å². The third kappa shape index (κ3) is 8.21. The summed E-state index contributed by atoms with van der Waals surface area (Å²) in [6.07, 6.45) is 1.12. The molecule has 14 heavy (non-hydrogen) atoms. The van der Waals surface area contributed by atoms with E-state index in [1.807, 2.05) is 0 Å². The molecule has 0 saturated heterocycles. The lowest BCUT2D eigenvalue weighted by molar-refractivity contribution is -0.134. The SMILES string of the molecule is O=C(O)/C=C\C(=O)O.O=c1ccs[nH]1. The number of carbonyl (C=O) groups is 2. The molecule has 0 aliphatic heterocycles. The fourth-order valence-electron chi connectivity index (χ4n) is 0.365. The first kappa shape index (κ1) is 12.1. The molecule has 0 saturated carbocycles. The van der Waals surface area contributed by atoms with Crippen LogP contribution >= 0.6 is 11.5 Å². The highest BCUT2D eigenvalue weighted by molar-refractivity contribution is 7.03. The van der Waals surface area contributed by atoms with Crippen LogP contribution in [0, 0.1) is 0 Å². The van der Waals surface area contributed by atoms with Gasteiger partial charge in [0.05, 0.1) is 0 Å². The summed E-state index contributed by atoms with van der Waals surface area (Å²) in [7, 11) is 0. The van der Waals surface area contributed by atoms with E-state index in [1.165, 1.54) is 17.6 Å². The van der Waals surface area contributed by atoms with Crippen molar-refractivity contribution in [1.29, 1.82) is 0 Å². The minimum absolute atomic E-state index is 0.0139. The summed E-state index contributed by atoms with van der Waals surface area (Å²) in [5.41, 5.74) is -0.0139. The molecule has 0 aromatic carbocycles. The van der Waals surface area contributed by atoms with Gasteiger partial charge in [-0.05, 0) is 0 Å². The molecule has 1 heterocycles. The molecule has 1 aromatic heterocycles. The van der Waals surface area contributed by atoms with Gasteiger partial charge in [-0.3, -0.25) is 9.17 Å². The average molecular weight is 217 g/mol. The quantitative estimate of drug-likeness (QED) is 0.611. The van der Waals surface area contributed by atoms with Gasteiger partial charge in [-0.2, -0.15) is 0 Å². The van der Waals surface area contributed by atoms with Crippen LogP contribution in [-0.4, -0.2) is 26.5 Å². The Bertz CT molecular complexity index is 345. The third-order valence-corrected chi connectivity index (χ3v) is 1.41. The van der Waals surface area contributed by atoms with Crippen LogP contribution in [0.15, 0.2) is 28.4 Å². The Hall–Kier alpha value is -1.89. The predicted molar refractivity (Wildman–Crippen MR) is 49.4 cm³/mol. The van der Waals surface area contributed by atoms with Crippen molar-refractivity contribution in [2.75, 3.05) is 0 Å². The van der Waals surface area contributed by atoms with Crippen molar-refractivity contribution >= 4 is 23.5 Å². The monoisotopic (exact) mass is 217 g/mol. The molecule has 0 radical (unpaired) electrons. The van der Waals surface area contributed by atoms with Gasteiger partial charge in [0.15, 0.2) is 0 Å². The van der Waals surface area contributed by atoms with Crippen molar-refractivity contribution in [2.45, 2.75) is 0 Å². The van der Waals surface area contributed by atoms with E-state index in [2.05, 4.69) is 4.37 Å². The summed E-state index contributed by atoms with van der Waals surface area (Å²) in [6.45, 7) is 0. The number of hydrogen-bond acceptors (Lipinski definition) is 4. The first-order valence-corrected chi connectivity index (χ1v) is 4.16. The van der Waals surface area contributed by atoms with Gasteiger partial charge in [-0.1, -0.05) is 11.5 Å². The molecule has 0 aliphatic rings. The Kier molecular flexibility index (Phi) is 5.72. The second-order valence-electron chi connectivity index (χ2n) is 1.90. The Balaban J connectivity index is 0.000000249. The molecular weight excluding hydrogens is 210 g/mol. The van der Waals surface area contributed by atoms with Crippen molar-refractivity contribution in [1.82, 2.24) is 4.37 Å². The van der Waals surface area contributed by atoms with Crippen molar-refractivity contribution in [2.24, 2.45) is 0 Å². The number of aromatic nitrogens is 1. The third-order valence-electron chi connectivity index (χ3n) is 0.815. The number of aromatic amines is 1. The molecular formula is C7H7NO5S. The number of aliphatic carboxylic acids is 2. The van der Waals surface area contributed by atoms with Crippen LogP contribution in [0.2, 0.25) is 0 Å². The second kappa shape index (κ2) is 6.61. The van der Waals surface area contributed by atoms with Gasteiger partial charge in [0, 0.05) is 23.6 Å². The van der Waals surface area contributed by atoms with Gasteiger partial charge in [0.1, 0.15) is 0 Å². The molecule has 0 atom stereocenters. The molecule has 1 aromatic rings. The first-order chi connectivity index (χ1) is 6.52. The molecule has 0 spiro atoms. The van der Waals surface area contributed by atoms with Crippen molar-refractivity contribution < 1.29 is 19.8 Å². The maximum absolute atomic E-state index is 10.0.